The van der Waals surface area contributed by atoms with Gasteiger partial charge in [0.1, 0.15) is 12.6 Å². The molecular weight excluding hydrogens is 528 g/mol. The summed E-state index contributed by atoms with van der Waals surface area (Å²) in [5, 5.41) is 13.9. The molecule has 0 aromatic heterocycles. The summed E-state index contributed by atoms with van der Waals surface area (Å²) in [4.78, 5) is 37.8. The Balaban J connectivity index is 2.40. The molecule has 0 saturated heterocycles. The summed E-state index contributed by atoms with van der Waals surface area (Å²) in [7, 11) is -3.97. The Morgan fingerprint density at radius 1 is 1.18 bits per heavy atom. The third kappa shape index (κ3) is 7.52. The summed E-state index contributed by atoms with van der Waals surface area (Å²) in [6.45, 7) is 3.35. The second-order valence-corrected chi connectivity index (χ2v) is 10.5. The molecule has 2 rings (SSSR count). The zero-order valence-corrected chi connectivity index (χ0v) is 21.5. The van der Waals surface area contributed by atoms with Crippen LogP contribution in [0.25, 0.3) is 0 Å². The molecule has 12 heteroatoms. The number of hydrogen-bond donors (Lipinski definition) is 1. The zero-order chi connectivity index (χ0) is 25.5. The number of nitrogens with zero attached hydrogens (tertiary/aromatic N) is 3. The maximum Gasteiger partial charge on any atom is 0.271 e. The van der Waals surface area contributed by atoms with Gasteiger partial charge in [-0.05, 0) is 37.1 Å². The second-order valence-electron chi connectivity index (χ2n) is 7.66. The predicted molar refractivity (Wildman–Crippen MR) is 133 cm³/mol. The lowest BCUT2D eigenvalue weighted by Crippen LogP contribution is -2.51. The summed E-state index contributed by atoms with van der Waals surface area (Å²) >= 11 is 3.35. The highest BCUT2D eigenvalue weighted by molar-refractivity contribution is 9.10. The fourth-order valence-electron chi connectivity index (χ4n) is 3.14. The maximum atomic E-state index is 13.4. The summed E-state index contributed by atoms with van der Waals surface area (Å²) in [5.41, 5.74) is 0.419. The highest BCUT2D eigenvalue weighted by Gasteiger charge is 2.30. The molecule has 0 fully saturated rings. The first kappa shape index (κ1) is 27.3. The fraction of sp³-hybridized carbons (Fsp3) is 0.364. The first-order valence-corrected chi connectivity index (χ1v) is 13.1. The molecule has 0 aliphatic heterocycles. The molecule has 2 aromatic rings. The van der Waals surface area contributed by atoms with Crippen LogP contribution < -0.4 is 9.62 Å². The number of carbonyl (C=O) groups excluding carboxylic acids is 2. The summed E-state index contributed by atoms with van der Waals surface area (Å²) < 4.78 is 26.7. The van der Waals surface area contributed by atoms with Crippen LogP contribution in [0.1, 0.15) is 25.8 Å². The molecule has 10 nitrogen and oxygen atoms in total. The van der Waals surface area contributed by atoms with Gasteiger partial charge in [0, 0.05) is 29.7 Å². The molecule has 184 valence electrons. The average molecular weight is 555 g/mol. The topological polar surface area (TPSA) is 130 Å². The number of benzene rings is 2. The number of rotatable bonds is 11. The maximum absolute atomic E-state index is 13.4. The van der Waals surface area contributed by atoms with E-state index in [0.29, 0.717) is 13.0 Å². The smallest absolute Gasteiger partial charge is 0.271 e. The Morgan fingerprint density at radius 2 is 1.82 bits per heavy atom. The van der Waals surface area contributed by atoms with Crippen molar-refractivity contribution in [2.75, 3.05) is 23.7 Å². The lowest BCUT2D eigenvalue weighted by Gasteiger charge is -2.31. The third-order valence-electron chi connectivity index (χ3n) is 4.99. The van der Waals surface area contributed by atoms with Gasteiger partial charge in [-0.25, -0.2) is 8.42 Å². The number of nitro benzene ring substituents is 1. The molecule has 34 heavy (non-hydrogen) atoms. The Kier molecular flexibility index (Phi) is 9.56. The van der Waals surface area contributed by atoms with Crippen LogP contribution in [0.15, 0.2) is 53.0 Å². The molecular formula is C22H27BrN4O6S. The minimum atomic E-state index is -3.97. The SMILES string of the molecule is CCCNC(=O)C(C)N(Cc1ccc(Br)cc1)C(=O)CN(c1cccc([N+](=O)[O-])c1)S(C)(=O)=O. The minimum Gasteiger partial charge on any atom is -0.354 e. The van der Waals surface area contributed by atoms with E-state index in [1.165, 1.54) is 23.1 Å². The van der Waals surface area contributed by atoms with Crippen LogP contribution in [-0.2, 0) is 26.2 Å². The number of halogens is 1. The van der Waals surface area contributed by atoms with Gasteiger partial charge in [0.2, 0.25) is 21.8 Å². The van der Waals surface area contributed by atoms with Crippen LogP contribution in [0, 0.1) is 10.1 Å². The van der Waals surface area contributed by atoms with Crippen LogP contribution in [0.4, 0.5) is 11.4 Å². The Hall–Kier alpha value is -2.99. The molecule has 0 spiro atoms. The number of anilines is 1. The van der Waals surface area contributed by atoms with E-state index in [4.69, 9.17) is 0 Å². The molecule has 2 amide bonds. The number of non-ortho nitro benzene ring substituents is 1. The molecule has 2 aromatic carbocycles. The molecule has 1 atom stereocenters. The summed E-state index contributed by atoms with van der Waals surface area (Å²) in [6, 6.07) is 11.3. The van der Waals surface area contributed by atoms with Gasteiger partial charge in [-0.2, -0.15) is 0 Å². The van der Waals surface area contributed by atoms with Crippen LogP contribution >= 0.6 is 15.9 Å². The highest BCUT2D eigenvalue weighted by Crippen LogP contribution is 2.24. The lowest BCUT2D eigenvalue weighted by molar-refractivity contribution is -0.384. The quantitative estimate of drug-likeness (QED) is 0.335. The van der Waals surface area contributed by atoms with Gasteiger partial charge in [0.15, 0.2) is 0 Å². The molecule has 0 saturated carbocycles. The number of nitrogens with one attached hydrogen (secondary N) is 1. The standard InChI is InChI=1S/C22H27BrN4O6S/c1-4-12-24-22(29)16(2)25(14-17-8-10-18(23)11-9-17)21(28)15-26(34(3,32)33)19-6-5-7-20(13-19)27(30)31/h5-11,13,16H,4,12,14-15H2,1-3H3,(H,24,29). The number of amides is 2. The minimum absolute atomic E-state index is 0.0169. The van der Waals surface area contributed by atoms with Crippen LogP contribution in [0.3, 0.4) is 0 Å². The number of nitro groups is 1. The van der Waals surface area contributed by atoms with Gasteiger partial charge in [-0.3, -0.25) is 24.0 Å². The van der Waals surface area contributed by atoms with E-state index in [-0.39, 0.29) is 23.8 Å². The van der Waals surface area contributed by atoms with E-state index < -0.39 is 33.4 Å². The van der Waals surface area contributed by atoms with Crippen molar-refractivity contribution in [1.29, 1.82) is 0 Å². The molecule has 1 unspecified atom stereocenters. The molecule has 0 bridgehead atoms. The van der Waals surface area contributed by atoms with E-state index in [9.17, 15) is 28.1 Å². The number of sulfonamides is 1. The first-order chi connectivity index (χ1) is 15.9. The fourth-order valence-corrected chi connectivity index (χ4v) is 4.25. The summed E-state index contributed by atoms with van der Waals surface area (Å²) in [5.74, 6) is -0.993. The monoisotopic (exact) mass is 554 g/mol. The van der Waals surface area contributed by atoms with Crippen molar-refractivity contribution in [1.82, 2.24) is 10.2 Å². The summed E-state index contributed by atoms with van der Waals surface area (Å²) in [6.07, 6.45) is 1.63. The van der Waals surface area contributed by atoms with Gasteiger partial charge in [0.05, 0.1) is 16.9 Å². The van der Waals surface area contributed by atoms with Crippen LogP contribution in [0.5, 0.6) is 0 Å². The van der Waals surface area contributed by atoms with Crippen molar-refractivity contribution in [3.05, 3.63) is 68.7 Å². The van der Waals surface area contributed by atoms with Crippen LogP contribution in [0.2, 0.25) is 0 Å². The van der Waals surface area contributed by atoms with Gasteiger partial charge < -0.3 is 10.2 Å². The van der Waals surface area contributed by atoms with Gasteiger partial charge in [0.25, 0.3) is 5.69 Å². The van der Waals surface area contributed by atoms with Gasteiger partial charge in [-0.1, -0.05) is 41.1 Å². The third-order valence-corrected chi connectivity index (χ3v) is 6.66. The molecule has 1 N–H and O–H groups in total. The van der Waals surface area contributed by atoms with Crippen molar-refractivity contribution in [3.8, 4) is 0 Å². The second kappa shape index (κ2) is 11.9. The molecule has 0 radical (unpaired) electrons. The van der Waals surface area contributed by atoms with Crippen molar-refractivity contribution in [3.63, 3.8) is 0 Å². The van der Waals surface area contributed by atoms with E-state index in [2.05, 4.69) is 21.2 Å². The number of carbonyl (C=O) groups is 2. The van der Waals surface area contributed by atoms with Crippen molar-refractivity contribution >= 4 is 49.1 Å². The van der Waals surface area contributed by atoms with Crippen molar-refractivity contribution in [2.24, 2.45) is 0 Å². The van der Waals surface area contributed by atoms with Crippen molar-refractivity contribution in [2.45, 2.75) is 32.9 Å². The van der Waals surface area contributed by atoms with E-state index in [1.807, 2.05) is 6.92 Å². The normalized spacial score (nSPS) is 12.0. The predicted octanol–water partition coefficient (Wildman–Crippen LogP) is 3.07. The van der Waals surface area contributed by atoms with Crippen LogP contribution in [-0.4, -0.2) is 55.4 Å². The van der Waals surface area contributed by atoms with E-state index in [0.717, 1.165) is 26.7 Å². The largest absolute Gasteiger partial charge is 0.354 e. The Labute approximate surface area is 207 Å². The molecule has 0 aliphatic carbocycles. The van der Waals surface area contributed by atoms with Gasteiger partial charge >= 0.3 is 0 Å². The lowest BCUT2D eigenvalue weighted by atomic mass is 10.1. The van der Waals surface area contributed by atoms with Gasteiger partial charge in [-0.15, -0.1) is 0 Å². The van der Waals surface area contributed by atoms with E-state index >= 15 is 0 Å². The average Bonchev–Trinajstić information content (AvgIpc) is 2.79. The number of hydrogen-bond acceptors (Lipinski definition) is 6. The Morgan fingerprint density at radius 3 is 2.38 bits per heavy atom. The zero-order valence-electron chi connectivity index (χ0n) is 19.1. The molecule has 0 heterocycles. The highest BCUT2D eigenvalue weighted by atomic mass is 79.9. The first-order valence-electron chi connectivity index (χ1n) is 10.5. The van der Waals surface area contributed by atoms with E-state index in [1.54, 1.807) is 31.2 Å². The van der Waals surface area contributed by atoms with Crippen molar-refractivity contribution < 1.29 is 22.9 Å². The molecule has 0 aliphatic rings. The Bertz CT molecular complexity index is 1140.